The lowest BCUT2D eigenvalue weighted by atomic mass is 10.1. The van der Waals surface area contributed by atoms with Gasteiger partial charge in [0.05, 0.1) is 24.0 Å². The first-order chi connectivity index (χ1) is 11.6. The molecular formula is C17H24N6O. The smallest absolute Gasteiger partial charge is 0.319 e. The molecule has 3 rings (SSSR count). The van der Waals surface area contributed by atoms with Crippen molar-refractivity contribution in [1.82, 2.24) is 20.1 Å². The number of anilines is 2. The minimum atomic E-state index is -0.183. The maximum absolute atomic E-state index is 12.4. The fourth-order valence-corrected chi connectivity index (χ4v) is 2.98. The van der Waals surface area contributed by atoms with Crippen LogP contribution in [-0.4, -0.2) is 40.4 Å². The first-order valence-electron chi connectivity index (χ1n) is 8.35. The van der Waals surface area contributed by atoms with Crippen molar-refractivity contribution < 1.29 is 4.79 Å². The summed E-state index contributed by atoms with van der Waals surface area (Å²) in [5.74, 6) is 1.78. The highest BCUT2D eigenvalue weighted by Gasteiger charge is 2.22. The number of carbonyl (C=O) groups excluding carboxylic acids is 1. The van der Waals surface area contributed by atoms with Gasteiger partial charge in [-0.1, -0.05) is 12.1 Å². The molecule has 2 aromatic rings. The molecule has 1 aromatic heterocycles. The molecule has 0 aliphatic carbocycles. The van der Waals surface area contributed by atoms with Gasteiger partial charge in [-0.05, 0) is 32.4 Å². The van der Waals surface area contributed by atoms with E-state index in [0.29, 0.717) is 6.54 Å². The predicted molar refractivity (Wildman–Crippen MR) is 94.4 cm³/mol. The molecule has 24 heavy (non-hydrogen) atoms. The van der Waals surface area contributed by atoms with Crippen molar-refractivity contribution in [3.8, 4) is 0 Å². The highest BCUT2D eigenvalue weighted by molar-refractivity contribution is 5.93. The average molecular weight is 328 g/mol. The van der Waals surface area contributed by atoms with E-state index in [1.165, 1.54) is 0 Å². The van der Waals surface area contributed by atoms with Crippen LogP contribution >= 0.6 is 0 Å². The van der Waals surface area contributed by atoms with Gasteiger partial charge in [-0.2, -0.15) is 5.10 Å². The summed E-state index contributed by atoms with van der Waals surface area (Å²) >= 11 is 0. The van der Waals surface area contributed by atoms with Crippen LogP contribution in [0, 0.1) is 6.92 Å². The highest BCUT2D eigenvalue weighted by Crippen LogP contribution is 2.24. The van der Waals surface area contributed by atoms with Crippen LogP contribution in [0.5, 0.6) is 0 Å². The summed E-state index contributed by atoms with van der Waals surface area (Å²) in [7, 11) is 2.01. The molecule has 7 nitrogen and oxygen atoms in total. The molecule has 0 saturated heterocycles. The fourth-order valence-electron chi connectivity index (χ4n) is 2.98. The van der Waals surface area contributed by atoms with Crippen LogP contribution in [0.4, 0.5) is 16.2 Å². The van der Waals surface area contributed by atoms with Crippen LogP contribution in [0.3, 0.4) is 0 Å². The Labute approximate surface area is 142 Å². The summed E-state index contributed by atoms with van der Waals surface area (Å²) in [6.45, 7) is 5.51. The molecule has 0 bridgehead atoms. The Kier molecular flexibility index (Phi) is 4.69. The zero-order valence-electron chi connectivity index (χ0n) is 14.4. The molecule has 128 valence electrons. The van der Waals surface area contributed by atoms with Crippen LogP contribution < -0.4 is 15.5 Å². The van der Waals surface area contributed by atoms with Gasteiger partial charge in [-0.25, -0.2) is 14.5 Å². The van der Waals surface area contributed by atoms with Gasteiger partial charge in [0.2, 0.25) is 0 Å². The highest BCUT2D eigenvalue weighted by atomic mass is 16.2. The number of fused-ring (bicyclic) bond motifs is 1. The SMILES string of the molecule is CCN(C)c1ccccc1NC(=O)NC1CCc2nc(C)nn2C1. The maximum atomic E-state index is 12.4. The Bertz CT molecular complexity index is 726. The molecule has 0 spiro atoms. The largest absolute Gasteiger partial charge is 0.373 e. The third-order valence-electron chi connectivity index (χ3n) is 4.34. The number of aromatic nitrogens is 3. The van der Waals surface area contributed by atoms with Gasteiger partial charge in [0.1, 0.15) is 11.6 Å². The van der Waals surface area contributed by atoms with Crippen LogP contribution in [0.15, 0.2) is 24.3 Å². The summed E-state index contributed by atoms with van der Waals surface area (Å²) in [5, 5.41) is 10.4. The van der Waals surface area contributed by atoms with E-state index in [-0.39, 0.29) is 12.1 Å². The van der Waals surface area contributed by atoms with E-state index in [2.05, 4.69) is 32.5 Å². The van der Waals surface area contributed by atoms with E-state index >= 15 is 0 Å². The second kappa shape index (κ2) is 6.90. The second-order valence-electron chi connectivity index (χ2n) is 6.12. The van der Waals surface area contributed by atoms with Gasteiger partial charge in [-0.15, -0.1) is 0 Å². The maximum Gasteiger partial charge on any atom is 0.319 e. The molecular weight excluding hydrogens is 304 g/mol. The molecule has 1 aliphatic rings. The number of nitrogens with zero attached hydrogens (tertiary/aromatic N) is 4. The van der Waals surface area contributed by atoms with Crippen LogP contribution in [0.2, 0.25) is 0 Å². The number of hydrogen-bond acceptors (Lipinski definition) is 4. The Morgan fingerprint density at radius 2 is 2.21 bits per heavy atom. The van der Waals surface area contributed by atoms with Crippen molar-refractivity contribution in [2.24, 2.45) is 0 Å². The summed E-state index contributed by atoms with van der Waals surface area (Å²) in [4.78, 5) is 18.9. The molecule has 1 unspecified atom stereocenters. The monoisotopic (exact) mass is 328 g/mol. The zero-order valence-corrected chi connectivity index (χ0v) is 14.4. The standard InChI is InChI=1S/C17H24N6O/c1-4-22(3)15-8-6-5-7-14(15)20-17(24)19-13-9-10-16-18-12(2)21-23(16)11-13/h5-8,13H,4,9-11H2,1-3H3,(H2,19,20,24). The Morgan fingerprint density at radius 3 is 3.00 bits per heavy atom. The topological polar surface area (TPSA) is 75.1 Å². The number of rotatable bonds is 4. The summed E-state index contributed by atoms with van der Waals surface area (Å²) in [6.07, 6.45) is 1.71. The summed E-state index contributed by atoms with van der Waals surface area (Å²) < 4.78 is 1.89. The number of nitrogens with one attached hydrogen (secondary N) is 2. The van der Waals surface area contributed by atoms with Gasteiger partial charge in [0.15, 0.2) is 0 Å². The van der Waals surface area contributed by atoms with Crippen LogP contribution in [0.1, 0.15) is 25.0 Å². The molecule has 2 N–H and O–H groups in total. The number of hydrogen-bond donors (Lipinski definition) is 2. The van der Waals surface area contributed by atoms with Crippen molar-refractivity contribution in [1.29, 1.82) is 0 Å². The summed E-state index contributed by atoms with van der Waals surface area (Å²) in [5.41, 5.74) is 1.82. The molecule has 1 aliphatic heterocycles. The number of aryl methyl sites for hydroxylation is 2. The zero-order chi connectivity index (χ0) is 17.1. The van der Waals surface area contributed by atoms with Crippen molar-refractivity contribution in [3.05, 3.63) is 35.9 Å². The van der Waals surface area contributed by atoms with Crippen molar-refractivity contribution in [3.63, 3.8) is 0 Å². The third-order valence-corrected chi connectivity index (χ3v) is 4.34. The molecule has 1 aromatic carbocycles. The molecule has 2 heterocycles. The number of urea groups is 1. The number of benzene rings is 1. The molecule has 7 heteroatoms. The molecule has 1 atom stereocenters. The summed E-state index contributed by atoms with van der Waals surface area (Å²) in [6, 6.07) is 7.70. The lowest BCUT2D eigenvalue weighted by Gasteiger charge is -2.25. The van der Waals surface area contributed by atoms with E-state index in [1.807, 2.05) is 42.9 Å². The third kappa shape index (κ3) is 3.50. The van der Waals surface area contributed by atoms with E-state index < -0.39 is 0 Å². The van der Waals surface area contributed by atoms with Gasteiger partial charge >= 0.3 is 6.03 Å². The first kappa shape index (κ1) is 16.3. The predicted octanol–water partition coefficient (Wildman–Crippen LogP) is 2.18. The average Bonchev–Trinajstić information content (AvgIpc) is 2.94. The number of amides is 2. The van der Waals surface area contributed by atoms with Crippen LogP contribution in [0.25, 0.3) is 0 Å². The molecule has 0 radical (unpaired) electrons. The van der Waals surface area contributed by atoms with E-state index in [1.54, 1.807) is 0 Å². The Balaban J connectivity index is 1.63. The van der Waals surface area contributed by atoms with E-state index in [9.17, 15) is 4.79 Å². The van der Waals surface area contributed by atoms with Crippen molar-refractivity contribution >= 4 is 17.4 Å². The minimum absolute atomic E-state index is 0.0645. The van der Waals surface area contributed by atoms with Crippen LogP contribution in [-0.2, 0) is 13.0 Å². The quantitative estimate of drug-likeness (QED) is 0.902. The lowest BCUT2D eigenvalue weighted by Crippen LogP contribution is -2.43. The van der Waals surface area contributed by atoms with E-state index in [4.69, 9.17) is 0 Å². The second-order valence-corrected chi connectivity index (χ2v) is 6.12. The van der Waals surface area contributed by atoms with Gasteiger partial charge in [-0.3, -0.25) is 0 Å². The number of carbonyl (C=O) groups is 1. The Hall–Kier alpha value is -2.57. The first-order valence-corrected chi connectivity index (χ1v) is 8.35. The van der Waals surface area contributed by atoms with Crippen molar-refractivity contribution in [2.75, 3.05) is 23.8 Å². The normalized spacial score (nSPS) is 16.4. The lowest BCUT2D eigenvalue weighted by molar-refractivity contribution is 0.243. The minimum Gasteiger partial charge on any atom is -0.373 e. The molecule has 0 fully saturated rings. The number of para-hydroxylation sites is 2. The molecule has 2 amide bonds. The van der Waals surface area contributed by atoms with Gasteiger partial charge < -0.3 is 15.5 Å². The fraction of sp³-hybridized carbons (Fsp3) is 0.471. The van der Waals surface area contributed by atoms with Crippen molar-refractivity contribution in [2.45, 2.75) is 39.3 Å². The Morgan fingerprint density at radius 1 is 1.42 bits per heavy atom. The van der Waals surface area contributed by atoms with Gasteiger partial charge in [0.25, 0.3) is 0 Å². The van der Waals surface area contributed by atoms with Gasteiger partial charge in [0, 0.05) is 20.0 Å². The molecule has 0 saturated carbocycles. The van der Waals surface area contributed by atoms with E-state index in [0.717, 1.165) is 42.4 Å².